The highest BCUT2D eigenvalue weighted by molar-refractivity contribution is 5.89. The Hall–Kier alpha value is -3.45. The fourth-order valence-electron chi connectivity index (χ4n) is 4.80. The molecule has 1 amide bonds. The average Bonchev–Trinajstić information content (AvgIpc) is 2.81. The largest absolute Gasteiger partial charge is 0.465 e. The summed E-state index contributed by atoms with van der Waals surface area (Å²) in [5.74, 6) is -3.65. The van der Waals surface area contributed by atoms with Gasteiger partial charge >= 0.3 is 30.6 Å². The van der Waals surface area contributed by atoms with Crippen LogP contribution in [-0.4, -0.2) is 29.8 Å². The summed E-state index contributed by atoms with van der Waals surface area (Å²) in [5, 5.41) is 9.77. The zero-order chi connectivity index (χ0) is 29.5. The lowest BCUT2D eigenvalue weighted by atomic mass is 9.73. The zero-order valence-corrected chi connectivity index (χ0v) is 20.3. The third kappa shape index (κ3) is 6.59. The van der Waals surface area contributed by atoms with Crippen molar-refractivity contribution in [3.8, 4) is 0 Å². The number of anilines is 1. The van der Waals surface area contributed by atoms with E-state index in [4.69, 9.17) is 4.74 Å². The molecule has 0 radical (unpaired) electrons. The first-order valence-corrected chi connectivity index (χ1v) is 11.5. The van der Waals surface area contributed by atoms with Crippen LogP contribution in [-0.2, 0) is 28.1 Å². The van der Waals surface area contributed by atoms with Gasteiger partial charge in [0.15, 0.2) is 0 Å². The lowest BCUT2D eigenvalue weighted by Gasteiger charge is -2.42. The lowest BCUT2D eigenvalue weighted by Crippen LogP contribution is -2.45. The highest BCUT2D eigenvalue weighted by Gasteiger charge is 2.43. The molecule has 0 saturated carbocycles. The van der Waals surface area contributed by atoms with Crippen LogP contribution >= 0.6 is 0 Å². The number of ether oxygens (including phenoxy) is 1. The normalized spacial score (nSPS) is 18.9. The van der Waals surface area contributed by atoms with Crippen LogP contribution in [0.2, 0.25) is 0 Å². The number of fused-ring (bicyclic) bond motifs is 1. The first kappa shape index (κ1) is 30.1. The Morgan fingerprint density at radius 1 is 0.923 bits per heavy atom. The second kappa shape index (κ2) is 10.6. The van der Waals surface area contributed by atoms with Crippen molar-refractivity contribution in [1.29, 1.82) is 0 Å². The summed E-state index contributed by atoms with van der Waals surface area (Å²) in [5.41, 5.74) is -5.54. The smallest absolute Gasteiger partial charge is 0.416 e. The molecule has 0 fully saturated rings. The van der Waals surface area contributed by atoms with E-state index >= 15 is 0 Å². The molecule has 0 aliphatic carbocycles. The Kier molecular flexibility index (Phi) is 8.19. The van der Waals surface area contributed by atoms with Crippen molar-refractivity contribution in [2.75, 3.05) is 11.5 Å². The summed E-state index contributed by atoms with van der Waals surface area (Å²) >= 11 is 0. The predicted octanol–water partition coefficient (Wildman–Crippen LogP) is 7.84. The molecule has 1 N–H and O–H groups in total. The highest BCUT2D eigenvalue weighted by Crippen LogP contribution is 2.49. The Labute approximate surface area is 216 Å². The van der Waals surface area contributed by atoms with Gasteiger partial charge in [0, 0.05) is 18.9 Å². The van der Waals surface area contributed by atoms with Crippen molar-refractivity contribution < 1.29 is 58.9 Å². The van der Waals surface area contributed by atoms with Gasteiger partial charge in [0.05, 0.1) is 29.0 Å². The van der Waals surface area contributed by atoms with E-state index in [1.165, 1.54) is 0 Å². The van der Waals surface area contributed by atoms with E-state index in [0.29, 0.717) is 24.3 Å². The van der Waals surface area contributed by atoms with Gasteiger partial charge in [-0.3, -0.25) is 9.69 Å². The number of carbonyl (C=O) groups is 2. The quantitative estimate of drug-likeness (QED) is 0.293. The van der Waals surface area contributed by atoms with Gasteiger partial charge in [0.2, 0.25) is 0 Å². The minimum atomic E-state index is -5.21. The van der Waals surface area contributed by atoms with Crippen LogP contribution in [0.25, 0.3) is 0 Å². The van der Waals surface area contributed by atoms with E-state index in [2.05, 4.69) is 0 Å². The molecular formula is C25H22F9NO4. The van der Waals surface area contributed by atoms with Crippen molar-refractivity contribution in [2.24, 2.45) is 0 Å². The molecule has 0 unspecified atom stereocenters. The predicted molar refractivity (Wildman–Crippen MR) is 119 cm³/mol. The Morgan fingerprint density at radius 2 is 1.46 bits per heavy atom. The van der Waals surface area contributed by atoms with Crippen LogP contribution in [0.15, 0.2) is 36.4 Å². The van der Waals surface area contributed by atoms with Crippen LogP contribution < -0.4 is 4.90 Å². The molecule has 1 aliphatic rings. The number of carbonyl (C=O) groups excluding carboxylic acids is 1. The second-order valence-electron chi connectivity index (χ2n) is 9.08. The molecule has 0 aromatic heterocycles. The van der Waals surface area contributed by atoms with Crippen molar-refractivity contribution in [3.63, 3.8) is 0 Å². The summed E-state index contributed by atoms with van der Waals surface area (Å²) in [7, 11) is 0. The van der Waals surface area contributed by atoms with E-state index < -0.39 is 77.3 Å². The molecule has 0 spiro atoms. The zero-order valence-electron chi connectivity index (χ0n) is 20.3. The minimum absolute atomic E-state index is 0.0933. The fraction of sp³-hybridized carbons (Fsp3) is 0.440. The molecular weight excluding hydrogens is 549 g/mol. The van der Waals surface area contributed by atoms with Gasteiger partial charge in [-0.2, -0.15) is 39.5 Å². The average molecular weight is 571 g/mol. The third-order valence-corrected chi connectivity index (χ3v) is 6.57. The maximum Gasteiger partial charge on any atom is 0.416 e. The standard InChI is InChI=1S/C25H22F9NO4/c1-3-17-10-18(19-9-14(23(26,27)28)4-5-21(19)35(17)22(37)38)20(11-39-12(2)36)13-6-15(24(29,30)31)8-16(7-13)25(32,33)34/h4-9,17-18,20H,3,10-11H2,1-2H3,(H,37,38)/t17-,18+,20-/m1/s1. The topological polar surface area (TPSA) is 66.8 Å². The molecule has 5 nitrogen and oxygen atoms in total. The molecule has 0 bridgehead atoms. The van der Waals surface area contributed by atoms with Crippen molar-refractivity contribution >= 4 is 17.7 Å². The monoisotopic (exact) mass is 571 g/mol. The Balaban J connectivity index is 2.33. The van der Waals surface area contributed by atoms with E-state index in [1.54, 1.807) is 6.92 Å². The number of hydrogen-bond acceptors (Lipinski definition) is 3. The maximum absolute atomic E-state index is 13.6. The van der Waals surface area contributed by atoms with Crippen LogP contribution in [0.5, 0.6) is 0 Å². The number of rotatable bonds is 5. The minimum Gasteiger partial charge on any atom is -0.465 e. The summed E-state index contributed by atoms with van der Waals surface area (Å²) < 4.78 is 127. The second-order valence-corrected chi connectivity index (χ2v) is 9.08. The number of esters is 1. The van der Waals surface area contributed by atoms with Crippen molar-refractivity contribution in [1.82, 2.24) is 0 Å². The van der Waals surface area contributed by atoms with Crippen LogP contribution in [0.3, 0.4) is 0 Å². The molecule has 14 heteroatoms. The molecule has 3 atom stereocenters. The van der Waals surface area contributed by atoms with Crippen LogP contribution in [0.4, 0.5) is 50.0 Å². The van der Waals surface area contributed by atoms with Gasteiger partial charge in [-0.15, -0.1) is 0 Å². The number of amides is 1. The summed E-state index contributed by atoms with van der Waals surface area (Å²) in [4.78, 5) is 24.4. The SMILES string of the molecule is CC[C@@H]1C[C@H]([C@H](COC(C)=O)c2cc(C(F)(F)F)cc(C(F)(F)F)c2)c2cc(C(F)(F)F)ccc2N1C(=O)O. The Morgan fingerprint density at radius 3 is 1.90 bits per heavy atom. The molecule has 1 aliphatic heterocycles. The molecule has 2 aromatic rings. The van der Waals surface area contributed by atoms with Gasteiger partial charge in [0.1, 0.15) is 0 Å². The Bertz CT molecular complexity index is 1210. The maximum atomic E-state index is 13.6. The molecule has 3 rings (SSSR count). The van der Waals surface area contributed by atoms with Gasteiger partial charge < -0.3 is 9.84 Å². The van der Waals surface area contributed by atoms with E-state index in [1.807, 2.05) is 0 Å². The van der Waals surface area contributed by atoms with Gasteiger partial charge in [-0.25, -0.2) is 4.79 Å². The number of carboxylic acid groups (broad SMARTS) is 1. The number of nitrogens with zero attached hydrogens (tertiary/aromatic N) is 1. The molecule has 39 heavy (non-hydrogen) atoms. The van der Waals surface area contributed by atoms with Crippen molar-refractivity contribution in [3.05, 3.63) is 64.2 Å². The first-order chi connectivity index (χ1) is 17.8. The van der Waals surface area contributed by atoms with Gasteiger partial charge in [-0.05, 0) is 66.3 Å². The van der Waals surface area contributed by atoms with Crippen LogP contribution in [0.1, 0.15) is 66.3 Å². The number of halogens is 9. The van der Waals surface area contributed by atoms with Crippen LogP contribution in [0, 0.1) is 0 Å². The molecule has 0 saturated heterocycles. The van der Waals surface area contributed by atoms with E-state index in [-0.39, 0.29) is 30.2 Å². The summed E-state index contributed by atoms with van der Waals surface area (Å²) in [6.45, 7) is 1.75. The summed E-state index contributed by atoms with van der Waals surface area (Å²) in [6.07, 6.45) is -16.9. The molecule has 214 valence electrons. The summed E-state index contributed by atoms with van der Waals surface area (Å²) in [6, 6.07) is 2.05. The number of benzene rings is 2. The van der Waals surface area contributed by atoms with Gasteiger partial charge in [0.25, 0.3) is 0 Å². The first-order valence-electron chi connectivity index (χ1n) is 11.5. The number of hydrogen-bond donors (Lipinski definition) is 1. The highest BCUT2D eigenvalue weighted by atomic mass is 19.4. The molecule has 2 aromatic carbocycles. The van der Waals surface area contributed by atoms with E-state index in [9.17, 15) is 54.2 Å². The lowest BCUT2D eigenvalue weighted by molar-refractivity contribution is -0.144. The fourth-order valence-corrected chi connectivity index (χ4v) is 4.80. The third-order valence-electron chi connectivity index (χ3n) is 6.57. The van der Waals surface area contributed by atoms with Crippen molar-refractivity contribution in [2.45, 2.75) is 63.1 Å². The van der Waals surface area contributed by atoms with E-state index in [0.717, 1.165) is 17.9 Å². The van der Waals surface area contributed by atoms with Gasteiger partial charge in [-0.1, -0.05) is 6.92 Å². The molecule has 1 heterocycles. The number of alkyl halides is 9.